The lowest BCUT2D eigenvalue weighted by Gasteiger charge is -2.33. The summed E-state index contributed by atoms with van der Waals surface area (Å²) in [6, 6.07) is 11.3. The van der Waals surface area contributed by atoms with Crippen LogP contribution in [0.3, 0.4) is 0 Å². The third-order valence-electron chi connectivity index (χ3n) is 5.25. The molecule has 2 nitrogen and oxygen atoms in total. The maximum absolute atomic E-state index is 9.64. The highest BCUT2D eigenvalue weighted by Crippen LogP contribution is 2.39. The molecule has 0 aliphatic rings. The largest absolute Gasteiger partial charge is 0.508 e. The first-order valence-electron chi connectivity index (χ1n) is 8.63. The molecular formula is C22H30O2. The van der Waals surface area contributed by atoms with Gasteiger partial charge in [0.25, 0.3) is 0 Å². The Labute approximate surface area is 146 Å². The van der Waals surface area contributed by atoms with Crippen LogP contribution in [-0.4, -0.2) is 10.2 Å². The number of rotatable bonds is 5. The molecule has 0 bridgehead atoms. The zero-order valence-electron chi connectivity index (χ0n) is 15.8. The van der Waals surface area contributed by atoms with Gasteiger partial charge >= 0.3 is 0 Å². The van der Waals surface area contributed by atoms with Crippen LogP contribution in [0.25, 0.3) is 0 Å². The minimum absolute atomic E-state index is 0.0415. The molecule has 0 heterocycles. The van der Waals surface area contributed by atoms with E-state index in [-0.39, 0.29) is 10.8 Å². The summed E-state index contributed by atoms with van der Waals surface area (Å²) in [6.07, 6.45) is 2.10. The van der Waals surface area contributed by atoms with Gasteiger partial charge < -0.3 is 10.2 Å². The Morgan fingerprint density at radius 2 is 1.00 bits per heavy atom. The molecule has 0 aromatic heterocycles. The first-order valence-corrected chi connectivity index (χ1v) is 8.63. The van der Waals surface area contributed by atoms with Crippen molar-refractivity contribution < 1.29 is 10.2 Å². The highest BCUT2D eigenvalue weighted by molar-refractivity contribution is 5.40. The van der Waals surface area contributed by atoms with E-state index in [4.69, 9.17) is 0 Å². The molecule has 0 aliphatic carbocycles. The monoisotopic (exact) mass is 326 g/mol. The summed E-state index contributed by atoms with van der Waals surface area (Å²) in [5.41, 5.74) is 4.94. The predicted octanol–water partition coefficient (Wildman–Crippen LogP) is 5.75. The van der Waals surface area contributed by atoms with E-state index in [0.29, 0.717) is 11.5 Å². The molecule has 0 spiro atoms. The van der Waals surface area contributed by atoms with Gasteiger partial charge in [0, 0.05) is 0 Å². The van der Waals surface area contributed by atoms with Crippen molar-refractivity contribution in [1.29, 1.82) is 0 Å². The Hall–Kier alpha value is -1.96. The standard InChI is InChI=1S/C22H30O2/c1-15-13-17(23)7-9-19(15)21(3,4)11-12-22(5,6)20-10-8-18(24)14-16(20)2/h7-10,13-14,23-24H,11-12H2,1-6H3. The summed E-state index contributed by atoms with van der Waals surface area (Å²) in [4.78, 5) is 0. The van der Waals surface area contributed by atoms with Gasteiger partial charge in [0.2, 0.25) is 0 Å². The average molecular weight is 326 g/mol. The Morgan fingerprint density at radius 3 is 1.29 bits per heavy atom. The van der Waals surface area contributed by atoms with Crippen LogP contribution in [0, 0.1) is 13.8 Å². The van der Waals surface area contributed by atoms with E-state index < -0.39 is 0 Å². The Balaban J connectivity index is 2.21. The van der Waals surface area contributed by atoms with Crippen molar-refractivity contribution in [2.75, 3.05) is 0 Å². The van der Waals surface area contributed by atoms with Crippen molar-refractivity contribution >= 4 is 0 Å². The smallest absolute Gasteiger partial charge is 0.115 e. The van der Waals surface area contributed by atoms with Gasteiger partial charge in [-0.1, -0.05) is 39.8 Å². The number of phenols is 2. The molecule has 2 rings (SSSR count). The van der Waals surface area contributed by atoms with Crippen molar-refractivity contribution in [1.82, 2.24) is 0 Å². The topological polar surface area (TPSA) is 40.5 Å². The van der Waals surface area contributed by atoms with Gasteiger partial charge in [-0.05, 0) is 84.0 Å². The van der Waals surface area contributed by atoms with Crippen LogP contribution >= 0.6 is 0 Å². The molecule has 0 aliphatic heterocycles. The van der Waals surface area contributed by atoms with Crippen molar-refractivity contribution in [3.05, 3.63) is 58.7 Å². The molecule has 0 saturated carbocycles. The molecule has 2 aromatic carbocycles. The number of hydrogen-bond acceptors (Lipinski definition) is 2. The molecule has 0 saturated heterocycles. The van der Waals surface area contributed by atoms with Gasteiger partial charge in [-0.25, -0.2) is 0 Å². The fourth-order valence-corrected chi connectivity index (χ4v) is 3.71. The van der Waals surface area contributed by atoms with E-state index in [0.717, 1.165) is 24.0 Å². The van der Waals surface area contributed by atoms with Crippen LogP contribution in [0.4, 0.5) is 0 Å². The number of phenolic OH excluding ortho intramolecular Hbond substituents is 2. The Morgan fingerprint density at radius 1 is 0.667 bits per heavy atom. The summed E-state index contributed by atoms with van der Waals surface area (Å²) in [5.74, 6) is 0.652. The zero-order valence-corrected chi connectivity index (χ0v) is 15.8. The molecule has 2 N–H and O–H groups in total. The van der Waals surface area contributed by atoms with Crippen LogP contribution in [0.2, 0.25) is 0 Å². The maximum atomic E-state index is 9.64. The van der Waals surface area contributed by atoms with Gasteiger partial charge in [0.15, 0.2) is 0 Å². The first-order chi connectivity index (χ1) is 11.0. The third kappa shape index (κ3) is 3.92. The summed E-state index contributed by atoms with van der Waals surface area (Å²) >= 11 is 0. The van der Waals surface area contributed by atoms with Gasteiger partial charge in [-0.15, -0.1) is 0 Å². The zero-order chi connectivity index (χ0) is 18.1. The van der Waals surface area contributed by atoms with Gasteiger partial charge in [-0.3, -0.25) is 0 Å². The molecule has 0 unspecified atom stereocenters. The fourth-order valence-electron chi connectivity index (χ4n) is 3.71. The number of hydrogen-bond donors (Lipinski definition) is 2. The van der Waals surface area contributed by atoms with Gasteiger partial charge in [-0.2, -0.15) is 0 Å². The Kier molecular flexibility index (Phi) is 4.98. The second-order valence-corrected chi connectivity index (χ2v) is 8.27. The minimum Gasteiger partial charge on any atom is -0.508 e. The molecule has 2 aromatic rings. The number of aryl methyl sites for hydroxylation is 2. The molecule has 0 fully saturated rings. The van der Waals surface area contributed by atoms with Crippen molar-refractivity contribution in [2.45, 2.75) is 65.2 Å². The number of benzene rings is 2. The number of aromatic hydroxyl groups is 2. The minimum atomic E-state index is 0.0415. The van der Waals surface area contributed by atoms with E-state index in [2.05, 4.69) is 41.5 Å². The summed E-state index contributed by atoms with van der Waals surface area (Å²) in [7, 11) is 0. The van der Waals surface area contributed by atoms with Crippen molar-refractivity contribution in [3.8, 4) is 11.5 Å². The SMILES string of the molecule is Cc1cc(O)ccc1C(C)(C)CCC(C)(C)c1ccc(O)cc1C. The first kappa shape index (κ1) is 18.4. The molecule has 0 amide bonds. The highest BCUT2D eigenvalue weighted by atomic mass is 16.3. The van der Waals surface area contributed by atoms with E-state index in [1.807, 2.05) is 24.3 Å². The molecule has 0 atom stereocenters. The average Bonchev–Trinajstić information content (AvgIpc) is 2.44. The molecule has 130 valence electrons. The van der Waals surface area contributed by atoms with Gasteiger partial charge in [0.1, 0.15) is 11.5 Å². The van der Waals surface area contributed by atoms with E-state index in [9.17, 15) is 10.2 Å². The van der Waals surface area contributed by atoms with Crippen LogP contribution in [-0.2, 0) is 10.8 Å². The molecule has 24 heavy (non-hydrogen) atoms. The summed E-state index contributed by atoms with van der Waals surface area (Å²) < 4.78 is 0. The lowest BCUT2D eigenvalue weighted by Crippen LogP contribution is -2.25. The van der Waals surface area contributed by atoms with Crippen LogP contribution in [0.5, 0.6) is 11.5 Å². The van der Waals surface area contributed by atoms with E-state index in [1.165, 1.54) is 11.1 Å². The van der Waals surface area contributed by atoms with Crippen LogP contribution in [0.1, 0.15) is 62.8 Å². The Bertz CT molecular complexity index is 663. The van der Waals surface area contributed by atoms with E-state index >= 15 is 0 Å². The lowest BCUT2D eigenvalue weighted by atomic mass is 9.71. The fraction of sp³-hybridized carbons (Fsp3) is 0.455. The van der Waals surface area contributed by atoms with Crippen molar-refractivity contribution in [2.24, 2.45) is 0 Å². The highest BCUT2D eigenvalue weighted by Gasteiger charge is 2.29. The summed E-state index contributed by atoms with van der Waals surface area (Å²) in [6.45, 7) is 13.2. The predicted molar refractivity (Wildman–Crippen MR) is 101 cm³/mol. The normalized spacial score (nSPS) is 12.4. The maximum Gasteiger partial charge on any atom is 0.115 e. The van der Waals surface area contributed by atoms with Crippen LogP contribution in [0.15, 0.2) is 36.4 Å². The molecular weight excluding hydrogens is 296 g/mol. The third-order valence-corrected chi connectivity index (χ3v) is 5.25. The molecule has 0 radical (unpaired) electrons. The second-order valence-electron chi connectivity index (χ2n) is 8.27. The lowest BCUT2D eigenvalue weighted by molar-refractivity contribution is 0.372. The van der Waals surface area contributed by atoms with Crippen LogP contribution < -0.4 is 0 Å². The van der Waals surface area contributed by atoms with Crippen molar-refractivity contribution in [3.63, 3.8) is 0 Å². The molecule has 2 heteroatoms. The quantitative estimate of drug-likeness (QED) is 0.734. The second kappa shape index (κ2) is 6.51. The van der Waals surface area contributed by atoms with E-state index in [1.54, 1.807) is 12.1 Å². The van der Waals surface area contributed by atoms with Gasteiger partial charge in [0.05, 0.1) is 0 Å². The summed E-state index contributed by atoms with van der Waals surface area (Å²) in [5, 5.41) is 19.3.